The van der Waals surface area contributed by atoms with E-state index in [0.29, 0.717) is 34.4 Å². The quantitative estimate of drug-likeness (QED) is 0.0252. The summed E-state index contributed by atoms with van der Waals surface area (Å²) in [5, 5.41) is 22.2. The smallest absolute Gasteiger partial charge is 0.312 e. The first-order valence-electron chi connectivity index (χ1n) is 25.1. The molecule has 2 unspecified atom stereocenters. The molecule has 2 N–H and O–H groups in total. The maximum absolute atomic E-state index is 13.4. The molecule has 0 heterocycles. The molecule has 62 heavy (non-hydrogen) atoms. The third-order valence-corrected chi connectivity index (χ3v) is 12.6. The highest BCUT2D eigenvalue weighted by Gasteiger charge is 2.26. The first-order valence-corrected chi connectivity index (χ1v) is 25.1. The predicted molar refractivity (Wildman–Crippen MR) is 254 cm³/mol. The summed E-state index contributed by atoms with van der Waals surface area (Å²) in [5.41, 5.74) is 0. The number of benzene rings is 3. The normalized spacial score (nSPS) is 12.4. The van der Waals surface area contributed by atoms with Crippen molar-refractivity contribution in [2.75, 3.05) is 0 Å². The van der Waals surface area contributed by atoms with Gasteiger partial charge in [-0.25, -0.2) is 0 Å². The Bertz CT molecular complexity index is 1530. The SMILES string of the molecule is CCCCCCCCCCCCCCCCC(CC(=O)Oc1c2ccccc2c(OC(=O)CC(CCCCCCCCCCCCCCCC)C(=O)O)c2ccccc12)C(=O)O. The zero-order valence-electron chi connectivity index (χ0n) is 38.7. The fraction of sp³-hybridized carbons (Fsp3) is 0.667. The van der Waals surface area contributed by atoms with E-state index in [4.69, 9.17) is 9.47 Å². The lowest BCUT2D eigenvalue weighted by Gasteiger charge is -2.18. The van der Waals surface area contributed by atoms with Crippen LogP contribution in [0.15, 0.2) is 48.5 Å². The van der Waals surface area contributed by atoms with Crippen LogP contribution in [0.2, 0.25) is 0 Å². The zero-order valence-corrected chi connectivity index (χ0v) is 38.7. The van der Waals surface area contributed by atoms with E-state index in [9.17, 15) is 29.4 Å². The van der Waals surface area contributed by atoms with Crippen molar-refractivity contribution in [1.29, 1.82) is 0 Å². The summed E-state index contributed by atoms with van der Waals surface area (Å²) < 4.78 is 12.0. The van der Waals surface area contributed by atoms with Gasteiger partial charge in [0.1, 0.15) is 11.5 Å². The van der Waals surface area contributed by atoms with Crippen LogP contribution in [0.1, 0.15) is 219 Å². The van der Waals surface area contributed by atoms with Crippen LogP contribution in [0.3, 0.4) is 0 Å². The number of fused-ring (bicyclic) bond motifs is 2. The molecule has 8 nitrogen and oxygen atoms in total. The third-order valence-electron chi connectivity index (χ3n) is 12.6. The molecule has 0 aromatic heterocycles. The molecular weight excluding hydrogens is 777 g/mol. The van der Waals surface area contributed by atoms with E-state index < -0.39 is 35.7 Å². The fourth-order valence-electron chi connectivity index (χ4n) is 8.78. The number of carboxylic acids is 2. The Morgan fingerprint density at radius 3 is 0.839 bits per heavy atom. The Morgan fingerprint density at radius 2 is 0.613 bits per heavy atom. The fourth-order valence-corrected chi connectivity index (χ4v) is 8.78. The minimum atomic E-state index is -1.00. The summed E-state index contributed by atoms with van der Waals surface area (Å²) in [4.78, 5) is 51.3. The van der Waals surface area contributed by atoms with E-state index >= 15 is 0 Å². The second-order valence-electron chi connectivity index (χ2n) is 17.9. The van der Waals surface area contributed by atoms with Crippen molar-refractivity contribution in [3.8, 4) is 11.5 Å². The van der Waals surface area contributed by atoms with Gasteiger partial charge in [0, 0.05) is 21.5 Å². The van der Waals surface area contributed by atoms with E-state index in [1.54, 1.807) is 48.5 Å². The van der Waals surface area contributed by atoms with Crippen molar-refractivity contribution in [2.24, 2.45) is 11.8 Å². The summed E-state index contributed by atoms with van der Waals surface area (Å²) in [7, 11) is 0. The molecule has 346 valence electrons. The summed E-state index contributed by atoms with van der Waals surface area (Å²) >= 11 is 0. The summed E-state index contributed by atoms with van der Waals surface area (Å²) in [6, 6.07) is 14.3. The molecule has 0 amide bonds. The molecule has 0 aliphatic heterocycles. The highest BCUT2D eigenvalue weighted by molar-refractivity contribution is 6.12. The largest absolute Gasteiger partial charge is 0.481 e. The monoisotopic (exact) mass is 859 g/mol. The molecule has 0 radical (unpaired) electrons. The first-order chi connectivity index (χ1) is 30.3. The average molecular weight is 859 g/mol. The molecule has 0 spiro atoms. The molecule has 0 saturated carbocycles. The van der Waals surface area contributed by atoms with Gasteiger partial charge < -0.3 is 19.7 Å². The molecule has 0 bridgehead atoms. The van der Waals surface area contributed by atoms with Gasteiger partial charge in [0.05, 0.1) is 24.7 Å². The van der Waals surface area contributed by atoms with Crippen LogP contribution in [0.25, 0.3) is 21.5 Å². The summed E-state index contributed by atoms with van der Waals surface area (Å²) in [6.07, 6.45) is 34.4. The van der Waals surface area contributed by atoms with Gasteiger partial charge in [-0.3, -0.25) is 19.2 Å². The number of carboxylic acid groups (broad SMARTS) is 2. The molecule has 3 rings (SSSR count). The lowest BCUT2D eigenvalue weighted by molar-refractivity contribution is -0.147. The maximum atomic E-state index is 13.4. The molecule has 0 aliphatic rings. The van der Waals surface area contributed by atoms with Crippen LogP contribution in [0.5, 0.6) is 11.5 Å². The van der Waals surface area contributed by atoms with Gasteiger partial charge in [0.2, 0.25) is 0 Å². The minimum absolute atomic E-state index is 0.247. The topological polar surface area (TPSA) is 127 Å². The number of hydrogen-bond donors (Lipinski definition) is 2. The van der Waals surface area contributed by atoms with Crippen molar-refractivity contribution in [2.45, 2.75) is 219 Å². The molecule has 0 saturated heterocycles. The van der Waals surface area contributed by atoms with Crippen molar-refractivity contribution in [3.05, 3.63) is 48.5 Å². The van der Waals surface area contributed by atoms with Gasteiger partial charge in [0.15, 0.2) is 0 Å². The van der Waals surface area contributed by atoms with Crippen LogP contribution in [0, 0.1) is 11.8 Å². The second kappa shape index (κ2) is 32.7. The Kier molecular flexibility index (Phi) is 27.6. The number of rotatable bonds is 38. The molecule has 0 fully saturated rings. The van der Waals surface area contributed by atoms with Crippen molar-refractivity contribution < 1.29 is 38.9 Å². The molecule has 0 aliphatic carbocycles. The molecule has 3 aromatic carbocycles. The van der Waals surface area contributed by atoms with E-state index in [2.05, 4.69) is 13.8 Å². The van der Waals surface area contributed by atoms with Crippen LogP contribution in [0.4, 0.5) is 0 Å². The predicted octanol–water partition coefficient (Wildman–Crippen LogP) is 15.7. The van der Waals surface area contributed by atoms with E-state index in [1.807, 2.05) is 0 Å². The second-order valence-corrected chi connectivity index (χ2v) is 17.9. The van der Waals surface area contributed by atoms with Gasteiger partial charge >= 0.3 is 23.9 Å². The van der Waals surface area contributed by atoms with Crippen LogP contribution in [-0.2, 0) is 19.2 Å². The Labute approximate surface area is 374 Å². The standard InChI is InChI=1S/C54H82O8/c1-3-5-7-9-11-13-15-17-19-21-23-25-27-29-35-43(53(57)58)41-49(55)61-51-45-37-31-33-39-47(45)52(48-40-34-32-38-46(48)51)62-50(56)42-44(54(59)60)36-30-28-26-24-22-20-18-16-14-12-10-8-6-4-2/h31-34,37-40,43-44H,3-30,35-36,41-42H2,1-2H3,(H,57,58)(H,59,60). The average Bonchev–Trinajstić information content (AvgIpc) is 3.26. The summed E-state index contributed by atoms with van der Waals surface area (Å²) in [6.45, 7) is 4.50. The summed E-state index contributed by atoms with van der Waals surface area (Å²) in [5.74, 6) is -4.39. The number of ether oxygens (including phenoxy) is 2. The van der Waals surface area contributed by atoms with Gasteiger partial charge in [0.25, 0.3) is 0 Å². The third kappa shape index (κ3) is 21.0. The van der Waals surface area contributed by atoms with E-state index in [0.717, 1.165) is 51.4 Å². The first kappa shape index (κ1) is 52.4. The Hall–Kier alpha value is -3.94. The Morgan fingerprint density at radius 1 is 0.387 bits per heavy atom. The van der Waals surface area contributed by atoms with Crippen LogP contribution in [-0.4, -0.2) is 34.1 Å². The van der Waals surface area contributed by atoms with E-state index in [1.165, 1.54) is 128 Å². The number of aliphatic carboxylic acids is 2. The number of hydrogen-bond acceptors (Lipinski definition) is 6. The number of carbonyl (C=O) groups is 4. The zero-order chi connectivity index (χ0) is 44.6. The minimum Gasteiger partial charge on any atom is -0.481 e. The van der Waals surface area contributed by atoms with Crippen LogP contribution >= 0.6 is 0 Å². The van der Waals surface area contributed by atoms with Gasteiger partial charge in [-0.15, -0.1) is 0 Å². The van der Waals surface area contributed by atoms with Crippen molar-refractivity contribution in [1.82, 2.24) is 0 Å². The van der Waals surface area contributed by atoms with E-state index in [-0.39, 0.29) is 24.3 Å². The van der Waals surface area contributed by atoms with Gasteiger partial charge in [-0.2, -0.15) is 0 Å². The van der Waals surface area contributed by atoms with Crippen molar-refractivity contribution in [3.63, 3.8) is 0 Å². The molecule has 3 aromatic rings. The van der Waals surface area contributed by atoms with Crippen LogP contribution < -0.4 is 9.47 Å². The Balaban J connectivity index is 1.48. The van der Waals surface area contributed by atoms with Crippen molar-refractivity contribution >= 4 is 45.4 Å². The molecular formula is C54H82O8. The maximum Gasteiger partial charge on any atom is 0.312 e. The number of esters is 2. The molecule has 2 atom stereocenters. The van der Waals surface area contributed by atoms with Gasteiger partial charge in [-0.05, 0) is 12.8 Å². The lowest BCUT2D eigenvalue weighted by atomic mass is 9.96. The highest BCUT2D eigenvalue weighted by atomic mass is 16.5. The number of carbonyl (C=O) groups excluding carboxylic acids is 2. The molecule has 8 heteroatoms. The highest BCUT2D eigenvalue weighted by Crippen LogP contribution is 2.43. The lowest BCUT2D eigenvalue weighted by Crippen LogP contribution is -2.22. The van der Waals surface area contributed by atoms with Gasteiger partial charge in [-0.1, -0.05) is 242 Å². The number of unbranched alkanes of at least 4 members (excludes halogenated alkanes) is 26.